The molecule has 1 aromatic carbocycles. The quantitative estimate of drug-likeness (QED) is 0.843. The molecule has 6 nitrogen and oxygen atoms in total. The Labute approximate surface area is 111 Å². The molecule has 0 amide bonds. The first-order valence-electron chi connectivity index (χ1n) is 5.94. The molecule has 100 valence electrons. The summed E-state index contributed by atoms with van der Waals surface area (Å²) in [5.41, 5.74) is 0.854. The number of carboxylic acids is 1. The van der Waals surface area contributed by atoms with E-state index >= 15 is 0 Å². The summed E-state index contributed by atoms with van der Waals surface area (Å²) in [6.45, 7) is 1.65. The Bertz CT molecular complexity index is 598. The number of nitrogens with zero attached hydrogens (tertiary/aromatic N) is 3. The molecule has 2 aromatic rings. The Morgan fingerprint density at radius 1 is 1.37 bits per heavy atom. The molecule has 0 fully saturated rings. The lowest BCUT2D eigenvalue weighted by atomic mass is 10.1. The smallest absolute Gasteiger partial charge is 0.335 e. The molecule has 0 saturated carbocycles. The maximum Gasteiger partial charge on any atom is 0.335 e. The fourth-order valence-corrected chi connectivity index (χ4v) is 1.73. The van der Waals surface area contributed by atoms with Crippen molar-refractivity contribution in [3.05, 3.63) is 30.1 Å². The van der Waals surface area contributed by atoms with E-state index in [9.17, 15) is 4.79 Å². The summed E-state index contributed by atoms with van der Waals surface area (Å²) in [7, 11) is 4.00. The van der Waals surface area contributed by atoms with Crippen LogP contribution in [0.3, 0.4) is 0 Å². The summed E-state index contributed by atoms with van der Waals surface area (Å²) in [6, 6.07) is 4.85. The second-order valence-corrected chi connectivity index (χ2v) is 4.49. The maximum absolute atomic E-state index is 10.9. The third kappa shape index (κ3) is 3.17. The van der Waals surface area contributed by atoms with E-state index in [0.29, 0.717) is 5.52 Å². The van der Waals surface area contributed by atoms with Gasteiger partial charge >= 0.3 is 5.97 Å². The van der Waals surface area contributed by atoms with Crippen molar-refractivity contribution < 1.29 is 9.90 Å². The van der Waals surface area contributed by atoms with Crippen molar-refractivity contribution in [2.75, 3.05) is 32.5 Å². The van der Waals surface area contributed by atoms with Gasteiger partial charge in [-0.1, -0.05) is 0 Å². The van der Waals surface area contributed by atoms with E-state index in [2.05, 4.69) is 20.2 Å². The molecule has 0 radical (unpaired) electrons. The zero-order valence-electron chi connectivity index (χ0n) is 10.9. The van der Waals surface area contributed by atoms with E-state index in [0.717, 1.165) is 24.3 Å². The van der Waals surface area contributed by atoms with Crippen LogP contribution in [0.2, 0.25) is 0 Å². The number of rotatable bonds is 5. The second-order valence-electron chi connectivity index (χ2n) is 4.49. The third-order valence-corrected chi connectivity index (χ3v) is 2.73. The molecule has 0 saturated heterocycles. The molecular formula is C13H16N4O2. The summed E-state index contributed by atoms with van der Waals surface area (Å²) in [5.74, 6) is -0.230. The molecule has 2 N–H and O–H groups in total. The number of carbonyl (C=O) groups is 1. The van der Waals surface area contributed by atoms with Crippen molar-refractivity contribution in [3.63, 3.8) is 0 Å². The molecule has 6 heteroatoms. The average Bonchev–Trinajstić information content (AvgIpc) is 2.37. The molecule has 1 heterocycles. The minimum atomic E-state index is -0.956. The number of carboxylic acid groups (broad SMARTS) is 1. The predicted molar refractivity (Wildman–Crippen MR) is 73.5 cm³/mol. The minimum Gasteiger partial charge on any atom is -0.478 e. The molecule has 19 heavy (non-hydrogen) atoms. The van der Waals surface area contributed by atoms with E-state index in [1.165, 1.54) is 6.33 Å². The van der Waals surface area contributed by atoms with Crippen LogP contribution in [0.1, 0.15) is 10.4 Å². The number of aromatic nitrogens is 2. The number of fused-ring (bicyclic) bond motifs is 1. The van der Waals surface area contributed by atoms with Gasteiger partial charge in [0.2, 0.25) is 0 Å². The Morgan fingerprint density at radius 3 is 2.84 bits per heavy atom. The zero-order valence-corrected chi connectivity index (χ0v) is 10.9. The Kier molecular flexibility index (Phi) is 3.91. The summed E-state index contributed by atoms with van der Waals surface area (Å²) >= 11 is 0. The van der Waals surface area contributed by atoms with Crippen molar-refractivity contribution in [2.24, 2.45) is 0 Å². The number of likely N-dealkylation sites (N-methyl/N-ethyl adjacent to an activating group) is 1. The Balaban J connectivity index is 2.27. The predicted octanol–water partition coefficient (Wildman–Crippen LogP) is 1.30. The molecule has 0 spiro atoms. The van der Waals surface area contributed by atoms with E-state index in [-0.39, 0.29) is 5.56 Å². The highest BCUT2D eigenvalue weighted by Gasteiger charge is 2.07. The summed E-state index contributed by atoms with van der Waals surface area (Å²) in [4.78, 5) is 21.3. The number of anilines is 1. The fourth-order valence-electron chi connectivity index (χ4n) is 1.73. The lowest BCUT2D eigenvalue weighted by molar-refractivity contribution is 0.0697. The third-order valence-electron chi connectivity index (χ3n) is 2.73. The van der Waals surface area contributed by atoms with Gasteiger partial charge in [0.05, 0.1) is 11.1 Å². The van der Waals surface area contributed by atoms with Gasteiger partial charge in [-0.05, 0) is 32.3 Å². The number of benzene rings is 1. The monoisotopic (exact) mass is 260 g/mol. The van der Waals surface area contributed by atoms with Gasteiger partial charge in [-0.25, -0.2) is 14.8 Å². The standard InChI is InChI=1S/C13H16N4O2/c1-17(2)6-5-14-12-10-4-3-9(13(18)19)7-11(10)15-8-16-12/h3-4,7-8H,5-6H2,1-2H3,(H,18,19)(H,14,15,16). The van der Waals surface area contributed by atoms with Crippen LogP contribution in [0.25, 0.3) is 10.9 Å². The highest BCUT2D eigenvalue weighted by atomic mass is 16.4. The fraction of sp³-hybridized carbons (Fsp3) is 0.308. The summed E-state index contributed by atoms with van der Waals surface area (Å²) < 4.78 is 0. The normalized spacial score (nSPS) is 10.9. The molecule has 0 unspecified atom stereocenters. The van der Waals surface area contributed by atoms with Crippen LogP contribution in [-0.4, -0.2) is 53.1 Å². The molecule has 0 aliphatic rings. The lowest BCUT2D eigenvalue weighted by Crippen LogP contribution is -2.21. The zero-order chi connectivity index (χ0) is 13.8. The van der Waals surface area contributed by atoms with Crippen molar-refractivity contribution in [3.8, 4) is 0 Å². The van der Waals surface area contributed by atoms with Crippen LogP contribution in [-0.2, 0) is 0 Å². The van der Waals surface area contributed by atoms with E-state index in [1.54, 1.807) is 18.2 Å². The highest BCUT2D eigenvalue weighted by Crippen LogP contribution is 2.20. The van der Waals surface area contributed by atoms with Gasteiger partial charge in [0.1, 0.15) is 12.1 Å². The van der Waals surface area contributed by atoms with Gasteiger partial charge < -0.3 is 15.3 Å². The second kappa shape index (κ2) is 5.62. The number of aromatic carboxylic acids is 1. The van der Waals surface area contributed by atoms with Crippen molar-refractivity contribution in [1.82, 2.24) is 14.9 Å². The molecule has 1 aromatic heterocycles. The van der Waals surface area contributed by atoms with Crippen molar-refractivity contribution in [2.45, 2.75) is 0 Å². The van der Waals surface area contributed by atoms with Gasteiger partial charge in [0, 0.05) is 18.5 Å². The largest absolute Gasteiger partial charge is 0.478 e. The molecule has 0 aliphatic carbocycles. The molecule has 2 rings (SSSR count). The minimum absolute atomic E-state index is 0.227. The Morgan fingerprint density at radius 2 is 2.16 bits per heavy atom. The van der Waals surface area contributed by atoms with Gasteiger partial charge in [-0.3, -0.25) is 0 Å². The average molecular weight is 260 g/mol. The van der Waals surface area contributed by atoms with E-state index in [4.69, 9.17) is 5.11 Å². The summed E-state index contributed by atoms with van der Waals surface area (Å²) in [6.07, 6.45) is 1.44. The lowest BCUT2D eigenvalue weighted by Gasteiger charge is -2.12. The Hall–Kier alpha value is -2.21. The van der Waals surface area contributed by atoms with Gasteiger partial charge in [0.15, 0.2) is 0 Å². The van der Waals surface area contributed by atoms with Crippen LogP contribution in [0.15, 0.2) is 24.5 Å². The first-order chi connectivity index (χ1) is 9.08. The van der Waals surface area contributed by atoms with Gasteiger partial charge in [-0.15, -0.1) is 0 Å². The van der Waals surface area contributed by atoms with Crippen LogP contribution in [0.5, 0.6) is 0 Å². The molecule has 0 aliphatic heterocycles. The van der Waals surface area contributed by atoms with Crippen LogP contribution in [0.4, 0.5) is 5.82 Å². The topological polar surface area (TPSA) is 78.3 Å². The first-order valence-corrected chi connectivity index (χ1v) is 5.94. The van der Waals surface area contributed by atoms with E-state index < -0.39 is 5.97 Å². The summed E-state index contributed by atoms with van der Waals surface area (Å²) in [5, 5.41) is 13.0. The number of hydrogen-bond acceptors (Lipinski definition) is 5. The SMILES string of the molecule is CN(C)CCNc1ncnc2cc(C(=O)O)ccc12. The van der Waals surface area contributed by atoms with Gasteiger partial charge in [0.25, 0.3) is 0 Å². The van der Waals surface area contributed by atoms with Crippen molar-refractivity contribution >= 4 is 22.7 Å². The van der Waals surface area contributed by atoms with Crippen LogP contribution in [0, 0.1) is 0 Å². The highest BCUT2D eigenvalue weighted by molar-refractivity contribution is 5.96. The van der Waals surface area contributed by atoms with Crippen LogP contribution < -0.4 is 5.32 Å². The van der Waals surface area contributed by atoms with Crippen LogP contribution >= 0.6 is 0 Å². The number of nitrogens with one attached hydrogen (secondary N) is 1. The number of hydrogen-bond donors (Lipinski definition) is 2. The molecule has 0 atom stereocenters. The molecular weight excluding hydrogens is 244 g/mol. The first kappa shape index (κ1) is 13.2. The van der Waals surface area contributed by atoms with Gasteiger partial charge in [-0.2, -0.15) is 0 Å². The maximum atomic E-state index is 10.9. The molecule has 0 bridgehead atoms. The van der Waals surface area contributed by atoms with E-state index in [1.807, 2.05) is 14.1 Å². The van der Waals surface area contributed by atoms with Crippen molar-refractivity contribution in [1.29, 1.82) is 0 Å².